The van der Waals surface area contributed by atoms with E-state index in [0.29, 0.717) is 51.5 Å². The van der Waals surface area contributed by atoms with Gasteiger partial charge in [-0.25, -0.2) is 0 Å². The van der Waals surface area contributed by atoms with E-state index in [0.717, 1.165) is 0 Å². The fourth-order valence-corrected chi connectivity index (χ4v) is 6.01. The Balaban J connectivity index is 1.58. The highest BCUT2D eigenvalue weighted by Crippen LogP contribution is 2.24. The van der Waals surface area contributed by atoms with E-state index in [9.17, 15) is 54.6 Å². The highest BCUT2D eigenvalue weighted by molar-refractivity contribution is 5.80. The summed E-state index contributed by atoms with van der Waals surface area (Å²) in [6.45, 7) is 3.74. The van der Waals surface area contributed by atoms with Gasteiger partial charge in [-0.3, -0.25) is 24.0 Å². The second-order valence-corrected chi connectivity index (χ2v) is 13.5. The van der Waals surface area contributed by atoms with Crippen molar-refractivity contribution in [3.05, 3.63) is 0 Å². The van der Waals surface area contributed by atoms with Crippen LogP contribution < -0.4 is 21.3 Å². The number of unbranched alkanes of at least 4 members (excludes halogenated alkanes) is 3. The summed E-state index contributed by atoms with van der Waals surface area (Å²) in [5, 5.41) is 70.2. The van der Waals surface area contributed by atoms with Crippen molar-refractivity contribution in [2.24, 2.45) is 5.92 Å². The van der Waals surface area contributed by atoms with Crippen LogP contribution >= 0.6 is 0 Å². The minimum absolute atomic E-state index is 0.0563. The smallest absolute Gasteiger partial charge is 0.220 e. The van der Waals surface area contributed by atoms with E-state index in [1.54, 1.807) is 0 Å². The Morgan fingerprint density at radius 2 is 1.08 bits per heavy atom. The average Bonchev–Trinajstić information content (AvgIpc) is 3.10. The van der Waals surface area contributed by atoms with E-state index in [1.807, 2.05) is 0 Å². The lowest BCUT2D eigenvalue weighted by atomic mass is 9.97. The van der Waals surface area contributed by atoms with Crippen LogP contribution in [-0.4, -0.2) is 161 Å². The van der Waals surface area contributed by atoms with Crippen LogP contribution in [0, 0.1) is 5.92 Å². The summed E-state index contributed by atoms with van der Waals surface area (Å²) in [4.78, 5) is 59.9. The summed E-state index contributed by atoms with van der Waals surface area (Å²) in [7, 11) is 0. The Kier molecular flexibility index (Phi) is 21.4. The van der Waals surface area contributed by atoms with Crippen LogP contribution in [0.3, 0.4) is 0 Å². The number of aliphatic hydroxyl groups is 6. The highest BCUT2D eigenvalue weighted by Gasteiger charge is 2.46. The van der Waals surface area contributed by atoms with Gasteiger partial charge in [0.1, 0.15) is 54.5 Å². The number of hydrogen-bond acceptors (Lipinski definition) is 15. The standard InChI is InChI=1S/C34H60N4O15/c1-19(41)22(16-36-26(45)12-6-9-15-51-34-28(38-21(3)43)32(49)30(47)24(18-40)53-34)10-4-7-13-35-25(44)11-5-8-14-50-33-27(37-20(2)42)31(48)29(46)23(17-39)52-33/h22-24,27-34,39-40,46-49H,4-18H2,1-3H3,(H,35,44)(H,36,45)(H,37,42)(H,38,43). The predicted octanol–water partition coefficient (Wildman–Crippen LogP) is -3.14. The van der Waals surface area contributed by atoms with Gasteiger partial charge in [0.2, 0.25) is 23.6 Å². The molecule has 0 bridgehead atoms. The molecule has 4 amide bonds. The molecule has 0 aromatic heterocycles. The molecule has 0 radical (unpaired) electrons. The van der Waals surface area contributed by atoms with Gasteiger partial charge < -0.3 is 70.9 Å². The van der Waals surface area contributed by atoms with Crippen molar-refractivity contribution >= 4 is 29.4 Å². The second kappa shape index (κ2) is 24.5. The summed E-state index contributed by atoms with van der Waals surface area (Å²) >= 11 is 0. The molecule has 53 heavy (non-hydrogen) atoms. The van der Waals surface area contributed by atoms with Crippen LogP contribution in [0.15, 0.2) is 0 Å². The van der Waals surface area contributed by atoms with Gasteiger partial charge >= 0.3 is 0 Å². The molecule has 2 saturated heterocycles. The summed E-state index contributed by atoms with van der Waals surface area (Å²) in [6, 6.07) is -2.07. The molecule has 2 heterocycles. The van der Waals surface area contributed by atoms with Crippen molar-refractivity contribution < 1.29 is 73.6 Å². The van der Waals surface area contributed by atoms with Gasteiger partial charge in [0.25, 0.3) is 0 Å². The fraction of sp³-hybridized carbons (Fsp3) is 0.853. The van der Waals surface area contributed by atoms with E-state index >= 15 is 0 Å². The topological polar surface area (TPSA) is 292 Å². The normalized spacial score (nSPS) is 29.2. The predicted molar refractivity (Wildman–Crippen MR) is 184 cm³/mol. The minimum Gasteiger partial charge on any atom is -0.394 e. The van der Waals surface area contributed by atoms with Crippen LogP contribution in [-0.2, 0) is 42.9 Å². The van der Waals surface area contributed by atoms with Crippen molar-refractivity contribution in [2.45, 2.75) is 140 Å². The molecule has 0 aromatic rings. The SMILES string of the molecule is CC(=O)NC1C(OCCCCC(=O)NCCCCC(CNC(=O)CCCCOC2OC(CO)C(O)C(O)C2NC(C)=O)C(C)=O)OC(CO)C(O)C1O. The third-order valence-electron chi connectivity index (χ3n) is 9.08. The lowest BCUT2D eigenvalue weighted by molar-refractivity contribution is -0.270. The monoisotopic (exact) mass is 764 g/mol. The Hall–Kier alpha value is -2.85. The second-order valence-electron chi connectivity index (χ2n) is 13.5. The first-order valence-corrected chi connectivity index (χ1v) is 18.3. The van der Waals surface area contributed by atoms with Crippen LogP contribution in [0.25, 0.3) is 0 Å². The van der Waals surface area contributed by atoms with Gasteiger partial charge in [0.05, 0.1) is 13.2 Å². The molecular formula is C34H60N4O15. The number of carbonyl (C=O) groups excluding carboxylic acids is 5. The number of Topliss-reactive ketones (excluding diaryl/α,β-unsaturated/α-hetero) is 1. The maximum Gasteiger partial charge on any atom is 0.220 e. The molecule has 2 fully saturated rings. The lowest BCUT2D eigenvalue weighted by Gasteiger charge is -2.42. The zero-order valence-corrected chi connectivity index (χ0v) is 30.8. The number of amides is 4. The molecule has 2 aliphatic rings. The first-order chi connectivity index (χ1) is 25.2. The number of ether oxygens (including phenoxy) is 4. The molecule has 0 aliphatic carbocycles. The van der Waals surface area contributed by atoms with E-state index in [2.05, 4.69) is 21.3 Å². The third-order valence-corrected chi connectivity index (χ3v) is 9.08. The molecular weight excluding hydrogens is 704 g/mol. The Morgan fingerprint density at radius 1 is 0.623 bits per heavy atom. The summed E-state index contributed by atoms with van der Waals surface area (Å²) in [5.74, 6) is -1.73. The molecule has 0 spiro atoms. The molecule has 0 aromatic carbocycles. The highest BCUT2D eigenvalue weighted by atomic mass is 16.7. The molecule has 10 N–H and O–H groups in total. The first kappa shape index (κ1) is 46.3. The maximum absolute atomic E-state index is 12.4. The lowest BCUT2D eigenvalue weighted by Crippen LogP contribution is -2.64. The summed E-state index contributed by atoms with van der Waals surface area (Å²) in [6.07, 6.45) is -5.89. The van der Waals surface area contributed by atoms with E-state index in [4.69, 9.17) is 18.9 Å². The summed E-state index contributed by atoms with van der Waals surface area (Å²) in [5.41, 5.74) is 0. The molecule has 2 aliphatic heterocycles. The Morgan fingerprint density at radius 3 is 1.49 bits per heavy atom. The molecule has 2 rings (SSSR count). The molecule has 11 unspecified atom stereocenters. The minimum atomic E-state index is -1.41. The molecule has 19 heteroatoms. The first-order valence-electron chi connectivity index (χ1n) is 18.3. The van der Waals surface area contributed by atoms with Crippen LogP contribution in [0.4, 0.5) is 0 Å². The number of rotatable bonds is 24. The van der Waals surface area contributed by atoms with E-state index in [-0.39, 0.29) is 56.1 Å². The van der Waals surface area contributed by atoms with Crippen molar-refractivity contribution in [1.82, 2.24) is 21.3 Å². The van der Waals surface area contributed by atoms with Gasteiger partial charge in [-0.2, -0.15) is 0 Å². The van der Waals surface area contributed by atoms with Gasteiger partial charge in [-0.05, 0) is 45.4 Å². The average molecular weight is 765 g/mol. The van der Waals surface area contributed by atoms with Crippen molar-refractivity contribution in [3.63, 3.8) is 0 Å². The van der Waals surface area contributed by atoms with Crippen molar-refractivity contribution in [2.75, 3.05) is 39.5 Å². The maximum atomic E-state index is 12.4. The van der Waals surface area contributed by atoms with Crippen LogP contribution in [0.1, 0.15) is 78.6 Å². The van der Waals surface area contributed by atoms with Crippen LogP contribution in [0.2, 0.25) is 0 Å². The van der Waals surface area contributed by atoms with Gasteiger partial charge in [-0.15, -0.1) is 0 Å². The molecule has 306 valence electrons. The molecule has 19 nitrogen and oxygen atoms in total. The number of carbonyl (C=O) groups is 5. The van der Waals surface area contributed by atoms with E-state index < -0.39 is 86.3 Å². The van der Waals surface area contributed by atoms with Crippen LogP contribution in [0.5, 0.6) is 0 Å². The number of nitrogens with one attached hydrogen (secondary N) is 4. The zero-order valence-electron chi connectivity index (χ0n) is 30.8. The fourth-order valence-electron chi connectivity index (χ4n) is 6.01. The van der Waals surface area contributed by atoms with Gasteiger partial charge in [0.15, 0.2) is 12.6 Å². The van der Waals surface area contributed by atoms with Gasteiger partial charge in [-0.1, -0.05) is 6.42 Å². The van der Waals surface area contributed by atoms with Crippen molar-refractivity contribution in [1.29, 1.82) is 0 Å². The number of aliphatic hydroxyl groups excluding tert-OH is 6. The largest absolute Gasteiger partial charge is 0.394 e. The third kappa shape index (κ3) is 16.2. The van der Waals surface area contributed by atoms with E-state index in [1.165, 1.54) is 20.8 Å². The van der Waals surface area contributed by atoms with Gasteiger partial charge in [0, 0.05) is 58.9 Å². The quantitative estimate of drug-likeness (QED) is 0.0435. The van der Waals surface area contributed by atoms with Crippen molar-refractivity contribution in [3.8, 4) is 0 Å². The Labute approximate surface area is 309 Å². The number of ketones is 1. The summed E-state index contributed by atoms with van der Waals surface area (Å²) < 4.78 is 22.3. The Bertz CT molecular complexity index is 1150. The number of hydrogen-bond donors (Lipinski definition) is 10. The molecule has 11 atom stereocenters. The molecule has 0 saturated carbocycles. The zero-order chi connectivity index (χ0) is 39.5.